The van der Waals surface area contributed by atoms with E-state index in [1.54, 1.807) is 0 Å². The molecule has 0 atom stereocenters. The van der Waals surface area contributed by atoms with Crippen LogP contribution in [0.25, 0.3) is 0 Å². The summed E-state index contributed by atoms with van der Waals surface area (Å²) in [5.74, 6) is 0. The Morgan fingerprint density at radius 3 is 1.44 bits per heavy atom. The summed E-state index contributed by atoms with van der Waals surface area (Å²) in [7, 11) is 0. The average Bonchev–Trinajstić information content (AvgIpc) is 1.96. The third kappa shape index (κ3) is 9.17. The van der Waals surface area contributed by atoms with Crippen LogP contribution in [0.2, 0.25) is 0 Å². The standard InChI is InChI=1S/C4H8O2.ClO.Na/c1-2-4-6-5-3-1;1-2;/h1-4H2;;/q;-1;+1. The number of rotatable bonds is 0. The molecule has 1 saturated heterocycles. The van der Waals surface area contributed by atoms with Crippen molar-refractivity contribution in [3.05, 3.63) is 0 Å². The maximum atomic E-state index is 7.72. The second-order valence-electron chi connectivity index (χ2n) is 1.35. The first-order valence-corrected chi connectivity index (χ1v) is 2.71. The van der Waals surface area contributed by atoms with Gasteiger partial charge in [0.2, 0.25) is 0 Å². The summed E-state index contributed by atoms with van der Waals surface area (Å²) < 4.78 is 7.72. The normalized spacial score (nSPS) is 16.7. The molecule has 0 aromatic carbocycles. The van der Waals surface area contributed by atoms with Gasteiger partial charge in [0.15, 0.2) is 0 Å². The average molecular weight is 163 g/mol. The van der Waals surface area contributed by atoms with Crippen molar-refractivity contribution < 1.29 is 44.0 Å². The van der Waals surface area contributed by atoms with Crippen LogP contribution in [0.15, 0.2) is 0 Å². The van der Waals surface area contributed by atoms with Crippen LogP contribution >= 0.6 is 11.9 Å². The molecule has 5 heteroatoms. The van der Waals surface area contributed by atoms with E-state index in [2.05, 4.69) is 21.6 Å². The second kappa shape index (κ2) is 11.9. The first-order chi connectivity index (χ1) is 4.00. The van der Waals surface area contributed by atoms with Crippen molar-refractivity contribution in [2.75, 3.05) is 13.2 Å². The minimum Gasteiger partial charge on any atom is -0.769 e. The summed E-state index contributed by atoms with van der Waals surface area (Å²) >= 11 is 3.39. The van der Waals surface area contributed by atoms with Crippen molar-refractivity contribution >= 4 is 11.9 Å². The van der Waals surface area contributed by atoms with E-state index < -0.39 is 0 Å². The van der Waals surface area contributed by atoms with Crippen molar-refractivity contribution in [2.24, 2.45) is 0 Å². The maximum absolute atomic E-state index is 7.72. The van der Waals surface area contributed by atoms with E-state index >= 15 is 0 Å². The molecule has 0 bridgehead atoms. The van der Waals surface area contributed by atoms with Gasteiger partial charge in [0.1, 0.15) is 0 Å². The molecule has 0 aromatic rings. The summed E-state index contributed by atoms with van der Waals surface area (Å²) in [6.45, 7) is 1.56. The van der Waals surface area contributed by atoms with Gasteiger partial charge in [0, 0.05) is 0 Å². The molecule has 1 aliphatic rings. The van der Waals surface area contributed by atoms with Crippen molar-refractivity contribution in [2.45, 2.75) is 12.8 Å². The Balaban J connectivity index is 0. The smallest absolute Gasteiger partial charge is 0.769 e. The molecule has 1 heterocycles. The van der Waals surface area contributed by atoms with Crippen molar-refractivity contribution in [3.63, 3.8) is 0 Å². The van der Waals surface area contributed by atoms with Gasteiger partial charge in [-0.3, -0.25) is 0 Å². The molecule has 1 aliphatic heterocycles. The van der Waals surface area contributed by atoms with Crippen LogP contribution < -0.4 is 34.2 Å². The van der Waals surface area contributed by atoms with Crippen LogP contribution in [0.1, 0.15) is 12.8 Å². The van der Waals surface area contributed by atoms with Crippen LogP contribution in [0, 0.1) is 0 Å². The van der Waals surface area contributed by atoms with Gasteiger partial charge >= 0.3 is 29.6 Å². The van der Waals surface area contributed by atoms with Crippen LogP contribution in [-0.2, 0) is 9.78 Å². The summed E-state index contributed by atoms with van der Waals surface area (Å²) in [5.41, 5.74) is 0. The van der Waals surface area contributed by atoms with Gasteiger partial charge in [-0.2, -0.15) is 0 Å². The van der Waals surface area contributed by atoms with E-state index in [0.29, 0.717) is 0 Å². The Kier molecular flexibility index (Phi) is 16.9. The zero-order chi connectivity index (χ0) is 6.24. The number of hydrogen-bond donors (Lipinski definition) is 0. The third-order valence-corrected chi connectivity index (χ3v) is 0.789. The number of hydrogen-bond acceptors (Lipinski definition) is 3. The minimum atomic E-state index is 0. The van der Waals surface area contributed by atoms with Crippen LogP contribution in [0.5, 0.6) is 0 Å². The summed E-state index contributed by atoms with van der Waals surface area (Å²) in [5, 5.41) is 0. The fourth-order valence-corrected chi connectivity index (χ4v) is 0.440. The zero-order valence-corrected chi connectivity index (χ0v) is 8.19. The molecule has 1 fully saturated rings. The van der Waals surface area contributed by atoms with E-state index in [1.807, 2.05) is 0 Å². The SMILES string of the molecule is C1CCOOC1.[Na+].[O-]Cl. The van der Waals surface area contributed by atoms with E-state index in [-0.39, 0.29) is 29.6 Å². The van der Waals surface area contributed by atoms with Crippen molar-refractivity contribution in [3.8, 4) is 0 Å². The first kappa shape index (κ1) is 12.8. The molecule has 50 valence electrons. The molecule has 0 radical (unpaired) electrons. The Bertz CT molecular complexity index is 31.3. The van der Waals surface area contributed by atoms with Crippen LogP contribution in [0.4, 0.5) is 0 Å². The largest absolute Gasteiger partial charge is 1.00 e. The Hall–Kier alpha value is 1.17. The summed E-state index contributed by atoms with van der Waals surface area (Å²) in [4.78, 5) is 9.14. The Morgan fingerprint density at radius 1 is 1.00 bits per heavy atom. The molecule has 0 aliphatic carbocycles. The molecule has 0 N–H and O–H groups in total. The summed E-state index contributed by atoms with van der Waals surface area (Å²) in [6.07, 6.45) is 2.31. The quantitative estimate of drug-likeness (QED) is 0.286. The zero-order valence-electron chi connectivity index (χ0n) is 5.43. The topological polar surface area (TPSA) is 41.5 Å². The van der Waals surface area contributed by atoms with E-state index in [1.165, 1.54) is 0 Å². The van der Waals surface area contributed by atoms with Gasteiger partial charge in [0.25, 0.3) is 0 Å². The monoisotopic (exact) mass is 162 g/mol. The van der Waals surface area contributed by atoms with E-state index in [9.17, 15) is 0 Å². The van der Waals surface area contributed by atoms with Gasteiger partial charge in [-0.15, -0.1) is 0 Å². The van der Waals surface area contributed by atoms with E-state index in [0.717, 1.165) is 26.1 Å². The van der Waals surface area contributed by atoms with Gasteiger partial charge in [0.05, 0.1) is 13.2 Å². The second-order valence-corrected chi connectivity index (χ2v) is 1.35. The van der Waals surface area contributed by atoms with E-state index in [4.69, 9.17) is 4.66 Å². The molecule has 1 rings (SSSR count). The van der Waals surface area contributed by atoms with Gasteiger partial charge in [-0.05, 0) is 12.8 Å². The first-order valence-electron chi connectivity index (χ1n) is 2.40. The predicted octanol–water partition coefficient (Wildman–Crippen LogP) is -2.77. The molecule has 0 unspecified atom stereocenters. The molecule has 0 spiro atoms. The van der Waals surface area contributed by atoms with Crippen molar-refractivity contribution in [1.82, 2.24) is 0 Å². The molecule has 0 amide bonds. The molecule has 3 nitrogen and oxygen atoms in total. The van der Waals surface area contributed by atoms with Crippen LogP contribution in [-0.4, -0.2) is 13.2 Å². The van der Waals surface area contributed by atoms with Gasteiger partial charge in [-0.25, -0.2) is 21.6 Å². The Labute approximate surface area is 81.7 Å². The van der Waals surface area contributed by atoms with Crippen LogP contribution in [0.3, 0.4) is 0 Å². The van der Waals surface area contributed by atoms with Crippen molar-refractivity contribution in [1.29, 1.82) is 0 Å². The Morgan fingerprint density at radius 2 is 1.33 bits per heavy atom. The number of halogens is 1. The molecular weight excluding hydrogens is 154 g/mol. The maximum Gasteiger partial charge on any atom is 1.00 e. The molecule has 0 aromatic heterocycles. The fourth-order valence-electron chi connectivity index (χ4n) is 0.440. The fraction of sp³-hybridized carbons (Fsp3) is 1.00. The predicted molar refractivity (Wildman–Crippen MR) is 27.0 cm³/mol. The minimum absolute atomic E-state index is 0. The molecule has 0 saturated carbocycles. The molecule has 9 heavy (non-hydrogen) atoms. The van der Waals surface area contributed by atoms with Gasteiger partial charge < -0.3 is 4.66 Å². The third-order valence-electron chi connectivity index (χ3n) is 0.789. The van der Waals surface area contributed by atoms with Gasteiger partial charge in [-0.1, -0.05) is 0 Å². The molecular formula is C4H8ClNaO3. The summed E-state index contributed by atoms with van der Waals surface area (Å²) in [6, 6.07) is 0.